The molecule has 0 saturated carbocycles. The van der Waals surface area contributed by atoms with Crippen molar-refractivity contribution in [2.45, 2.75) is 20.3 Å². The topological polar surface area (TPSA) is 67.6 Å². The first kappa shape index (κ1) is 23.6. The maximum absolute atomic E-state index is 14.0. The standard InChI is InChI=1S/C26H23F2NO4S/c1-5-23(30)25-20-13-19(17-8-11-21(28)15(2)12-17)22(29(3)34(4,31)32)14-24(20)33-26(25)16-6-9-18(27)10-7-16/h6-14H,5H2,1-4H3. The SMILES string of the molecule is CCC(=O)c1c(-c2ccc(F)cc2)oc2cc(N(C)S(C)(=O)=O)c(-c3ccc(F)c(C)c3)cc12. The van der Waals surface area contributed by atoms with Crippen LogP contribution in [0.25, 0.3) is 33.4 Å². The van der Waals surface area contributed by atoms with Crippen molar-refractivity contribution in [1.29, 1.82) is 0 Å². The molecule has 0 amide bonds. The highest BCUT2D eigenvalue weighted by Gasteiger charge is 2.25. The van der Waals surface area contributed by atoms with Crippen LogP contribution in [0.1, 0.15) is 29.3 Å². The fourth-order valence-electron chi connectivity index (χ4n) is 3.87. The lowest BCUT2D eigenvalue weighted by molar-refractivity contribution is 0.0989. The molecule has 4 aromatic rings. The molecule has 8 heteroatoms. The average molecular weight is 484 g/mol. The molecule has 0 bridgehead atoms. The summed E-state index contributed by atoms with van der Waals surface area (Å²) >= 11 is 0. The zero-order chi connectivity index (χ0) is 24.8. The molecule has 0 fully saturated rings. The van der Waals surface area contributed by atoms with E-state index in [2.05, 4.69) is 0 Å². The minimum atomic E-state index is -3.65. The molecule has 0 unspecified atom stereocenters. The number of halogens is 2. The normalized spacial score (nSPS) is 11.7. The monoisotopic (exact) mass is 483 g/mol. The molecule has 176 valence electrons. The Morgan fingerprint density at radius 3 is 2.24 bits per heavy atom. The van der Waals surface area contributed by atoms with Crippen LogP contribution in [0.5, 0.6) is 0 Å². The average Bonchev–Trinajstić information content (AvgIpc) is 3.17. The van der Waals surface area contributed by atoms with Gasteiger partial charge in [0.05, 0.1) is 17.5 Å². The first-order valence-corrected chi connectivity index (χ1v) is 12.5. The predicted octanol–water partition coefficient (Wildman–Crippen LogP) is 6.34. The van der Waals surface area contributed by atoms with Gasteiger partial charge in [-0.3, -0.25) is 9.10 Å². The molecule has 34 heavy (non-hydrogen) atoms. The van der Waals surface area contributed by atoms with Gasteiger partial charge in [-0.25, -0.2) is 17.2 Å². The molecule has 1 aromatic heterocycles. The lowest BCUT2D eigenvalue weighted by Gasteiger charge is -2.21. The van der Waals surface area contributed by atoms with E-state index in [9.17, 15) is 22.0 Å². The van der Waals surface area contributed by atoms with E-state index in [-0.39, 0.29) is 23.8 Å². The summed E-state index contributed by atoms with van der Waals surface area (Å²) in [7, 11) is -2.23. The number of sulfonamides is 1. The van der Waals surface area contributed by atoms with Gasteiger partial charge in [-0.1, -0.05) is 13.0 Å². The third-order valence-electron chi connectivity index (χ3n) is 5.82. The maximum atomic E-state index is 14.0. The molecular weight excluding hydrogens is 460 g/mol. The Kier molecular flexibility index (Phi) is 6.03. The van der Waals surface area contributed by atoms with E-state index in [1.807, 2.05) is 0 Å². The van der Waals surface area contributed by atoms with Crippen molar-refractivity contribution < 1.29 is 26.4 Å². The number of carbonyl (C=O) groups excluding carboxylic acids is 1. The van der Waals surface area contributed by atoms with Gasteiger partial charge in [-0.05, 0) is 60.5 Å². The first-order valence-electron chi connectivity index (χ1n) is 10.6. The zero-order valence-corrected chi connectivity index (χ0v) is 20.0. The summed E-state index contributed by atoms with van der Waals surface area (Å²) in [5.41, 5.74) is 2.96. The number of rotatable bonds is 6. The summed E-state index contributed by atoms with van der Waals surface area (Å²) in [6.07, 6.45) is 1.29. The van der Waals surface area contributed by atoms with Crippen molar-refractivity contribution in [3.05, 3.63) is 77.4 Å². The Hall–Kier alpha value is -3.52. The van der Waals surface area contributed by atoms with Crippen molar-refractivity contribution in [2.75, 3.05) is 17.6 Å². The molecule has 5 nitrogen and oxygen atoms in total. The van der Waals surface area contributed by atoms with E-state index < -0.39 is 15.8 Å². The molecule has 0 spiro atoms. The lowest BCUT2D eigenvalue weighted by Crippen LogP contribution is -2.25. The highest BCUT2D eigenvalue weighted by molar-refractivity contribution is 7.92. The summed E-state index contributed by atoms with van der Waals surface area (Å²) in [6.45, 7) is 3.35. The minimum absolute atomic E-state index is 0.177. The number of anilines is 1. The molecule has 0 aliphatic rings. The summed E-state index contributed by atoms with van der Waals surface area (Å²) < 4.78 is 59.4. The van der Waals surface area contributed by atoms with Crippen molar-refractivity contribution in [3.63, 3.8) is 0 Å². The molecular formula is C26H23F2NO4S. The molecule has 0 N–H and O–H groups in total. The highest BCUT2D eigenvalue weighted by Crippen LogP contribution is 2.42. The summed E-state index contributed by atoms with van der Waals surface area (Å²) in [5, 5.41) is 0.494. The molecule has 1 heterocycles. The van der Waals surface area contributed by atoms with Gasteiger partial charge in [0.2, 0.25) is 10.0 Å². The summed E-state index contributed by atoms with van der Waals surface area (Å²) in [6, 6.07) is 13.3. The van der Waals surface area contributed by atoms with Gasteiger partial charge in [0.15, 0.2) is 5.78 Å². The number of fused-ring (bicyclic) bond motifs is 1. The second-order valence-corrected chi connectivity index (χ2v) is 10.2. The fourth-order valence-corrected chi connectivity index (χ4v) is 4.38. The van der Waals surface area contributed by atoms with E-state index in [1.54, 1.807) is 38.1 Å². The summed E-state index contributed by atoms with van der Waals surface area (Å²) in [5.74, 6) is -0.702. The van der Waals surface area contributed by atoms with Crippen molar-refractivity contribution >= 4 is 32.5 Å². The Bertz CT molecular complexity index is 1520. The van der Waals surface area contributed by atoms with Gasteiger partial charge in [-0.15, -0.1) is 0 Å². The van der Waals surface area contributed by atoms with Crippen molar-refractivity contribution in [1.82, 2.24) is 0 Å². The van der Waals surface area contributed by atoms with Crippen LogP contribution in [0.2, 0.25) is 0 Å². The third-order valence-corrected chi connectivity index (χ3v) is 7.01. The Morgan fingerprint density at radius 2 is 1.65 bits per heavy atom. The highest BCUT2D eigenvalue weighted by atomic mass is 32.2. The van der Waals surface area contributed by atoms with Gasteiger partial charge < -0.3 is 4.42 Å². The smallest absolute Gasteiger partial charge is 0.232 e. The zero-order valence-electron chi connectivity index (χ0n) is 19.1. The minimum Gasteiger partial charge on any atom is -0.455 e. The van der Waals surface area contributed by atoms with Crippen molar-refractivity contribution in [2.24, 2.45) is 0 Å². The van der Waals surface area contributed by atoms with Crippen LogP contribution in [0, 0.1) is 18.6 Å². The number of Topliss-reactive ketones (excluding diaryl/α,β-unsaturated/α-hetero) is 1. The quantitative estimate of drug-likeness (QED) is 0.300. The van der Waals surface area contributed by atoms with E-state index in [1.165, 1.54) is 37.4 Å². The number of benzene rings is 3. The molecule has 0 saturated heterocycles. The molecule has 0 aliphatic carbocycles. The second-order valence-electron chi connectivity index (χ2n) is 8.15. The Morgan fingerprint density at radius 1 is 1.00 bits per heavy atom. The number of carbonyl (C=O) groups is 1. The molecule has 0 radical (unpaired) electrons. The van der Waals surface area contributed by atoms with E-state index in [4.69, 9.17) is 4.42 Å². The van der Waals surface area contributed by atoms with Gasteiger partial charge >= 0.3 is 0 Å². The van der Waals surface area contributed by atoms with Gasteiger partial charge in [0, 0.05) is 36.0 Å². The predicted molar refractivity (Wildman–Crippen MR) is 130 cm³/mol. The van der Waals surface area contributed by atoms with Crippen molar-refractivity contribution in [3.8, 4) is 22.5 Å². The second kappa shape index (κ2) is 8.68. The summed E-state index contributed by atoms with van der Waals surface area (Å²) in [4.78, 5) is 13.0. The Balaban J connectivity index is 2.09. The van der Waals surface area contributed by atoms with Crippen LogP contribution in [0.3, 0.4) is 0 Å². The van der Waals surface area contributed by atoms with Gasteiger partial charge in [0.1, 0.15) is 23.0 Å². The number of ketones is 1. The number of aryl methyl sites for hydroxylation is 1. The lowest BCUT2D eigenvalue weighted by atomic mass is 9.96. The van der Waals surface area contributed by atoms with Gasteiger partial charge in [-0.2, -0.15) is 0 Å². The molecule has 3 aromatic carbocycles. The number of hydrogen-bond acceptors (Lipinski definition) is 4. The Labute approximate surface area is 196 Å². The first-order chi connectivity index (χ1) is 16.0. The van der Waals surface area contributed by atoms with E-state index in [0.29, 0.717) is 44.5 Å². The number of furan rings is 1. The third kappa shape index (κ3) is 4.21. The number of hydrogen-bond donors (Lipinski definition) is 0. The van der Waals surface area contributed by atoms with E-state index >= 15 is 0 Å². The van der Waals surface area contributed by atoms with Crippen LogP contribution in [0.15, 0.2) is 59.0 Å². The maximum Gasteiger partial charge on any atom is 0.232 e. The molecule has 4 rings (SSSR count). The molecule has 0 aliphatic heterocycles. The molecule has 0 atom stereocenters. The number of nitrogens with zero attached hydrogens (tertiary/aromatic N) is 1. The van der Waals surface area contributed by atoms with Gasteiger partial charge in [0.25, 0.3) is 0 Å². The van der Waals surface area contributed by atoms with E-state index in [0.717, 1.165) is 10.6 Å². The largest absolute Gasteiger partial charge is 0.455 e. The van der Waals surface area contributed by atoms with Crippen LogP contribution in [0.4, 0.5) is 14.5 Å². The van der Waals surface area contributed by atoms with Crippen LogP contribution < -0.4 is 4.31 Å². The van der Waals surface area contributed by atoms with Crippen LogP contribution in [-0.4, -0.2) is 27.5 Å². The van der Waals surface area contributed by atoms with Crippen LogP contribution in [-0.2, 0) is 10.0 Å². The van der Waals surface area contributed by atoms with Crippen LogP contribution >= 0.6 is 0 Å². The fraction of sp³-hybridized carbons (Fsp3) is 0.192.